The van der Waals surface area contributed by atoms with Crippen LogP contribution in [-0.4, -0.2) is 11.0 Å². The van der Waals surface area contributed by atoms with Gasteiger partial charge in [0, 0.05) is 18.4 Å². The van der Waals surface area contributed by atoms with Crippen molar-refractivity contribution in [3.8, 4) is 0 Å². The molecule has 1 aliphatic carbocycles. The average Bonchev–Trinajstić information content (AvgIpc) is 3.02. The van der Waals surface area contributed by atoms with Crippen LogP contribution in [0.2, 0.25) is 0 Å². The summed E-state index contributed by atoms with van der Waals surface area (Å²) in [4.78, 5) is 4.02. The molecule has 14 heavy (non-hydrogen) atoms. The fourth-order valence-electron chi connectivity index (χ4n) is 1.86. The SMILES string of the molecule is CC(c1ccncc1)C(N)CC1CC1. The van der Waals surface area contributed by atoms with Crippen LogP contribution in [0.15, 0.2) is 24.5 Å². The minimum atomic E-state index is 0.310. The number of nitrogens with zero attached hydrogens (tertiary/aromatic N) is 1. The lowest BCUT2D eigenvalue weighted by molar-refractivity contribution is 0.499. The molecule has 2 heteroatoms. The molecule has 2 rings (SSSR count). The van der Waals surface area contributed by atoms with Gasteiger partial charge in [-0.05, 0) is 36.0 Å². The van der Waals surface area contributed by atoms with Crippen LogP contribution >= 0.6 is 0 Å². The molecule has 1 heterocycles. The predicted molar refractivity (Wildman–Crippen MR) is 58.0 cm³/mol. The molecule has 1 aromatic rings. The number of aromatic nitrogens is 1. The van der Waals surface area contributed by atoms with Gasteiger partial charge in [-0.15, -0.1) is 0 Å². The van der Waals surface area contributed by atoms with Gasteiger partial charge in [0.2, 0.25) is 0 Å². The van der Waals surface area contributed by atoms with Gasteiger partial charge >= 0.3 is 0 Å². The molecule has 2 nitrogen and oxygen atoms in total. The number of hydrogen-bond acceptors (Lipinski definition) is 2. The Balaban J connectivity index is 1.96. The van der Waals surface area contributed by atoms with E-state index in [9.17, 15) is 0 Å². The first-order valence-corrected chi connectivity index (χ1v) is 5.43. The topological polar surface area (TPSA) is 38.9 Å². The monoisotopic (exact) mass is 190 g/mol. The van der Waals surface area contributed by atoms with Crippen molar-refractivity contribution in [3.63, 3.8) is 0 Å². The molecule has 1 aromatic heterocycles. The lowest BCUT2D eigenvalue weighted by Gasteiger charge is -2.19. The van der Waals surface area contributed by atoms with E-state index in [1.165, 1.54) is 24.8 Å². The van der Waals surface area contributed by atoms with Crippen molar-refractivity contribution in [1.82, 2.24) is 4.98 Å². The summed E-state index contributed by atoms with van der Waals surface area (Å²) in [5.41, 5.74) is 7.48. The van der Waals surface area contributed by atoms with Crippen molar-refractivity contribution < 1.29 is 0 Å². The van der Waals surface area contributed by atoms with Crippen LogP contribution in [0.4, 0.5) is 0 Å². The third-order valence-electron chi connectivity index (χ3n) is 3.18. The normalized spacial score (nSPS) is 20.4. The van der Waals surface area contributed by atoms with Crippen LogP contribution in [0.3, 0.4) is 0 Å². The van der Waals surface area contributed by atoms with Crippen LogP contribution in [-0.2, 0) is 0 Å². The van der Waals surface area contributed by atoms with E-state index in [2.05, 4.69) is 24.0 Å². The number of rotatable bonds is 4. The van der Waals surface area contributed by atoms with Gasteiger partial charge in [-0.3, -0.25) is 4.98 Å². The van der Waals surface area contributed by atoms with Crippen molar-refractivity contribution in [2.45, 2.75) is 38.1 Å². The second kappa shape index (κ2) is 4.09. The van der Waals surface area contributed by atoms with E-state index in [0.29, 0.717) is 12.0 Å². The first kappa shape index (κ1) is 9.66. The Bertz CT molecular complexity index is 280. The Morgan fingerprint density at radius 1 is 1.43 bits per heavy atom. The molecule has 2 N–H and O–H groups in total. The molecule has 0 aliphatic heterocycles. The van der Waals surface area contributed by atoms with E-state index in [0.717, 1.165) is 5.92 Å². The second-order valence-electron chi connectivity index (χ2n) is 4.41. The van der Waals surface area contributed by atoms with E-state index in [1.54, 1.807) is 0 Å². The van der Waals surface area contributed by atoms with Crippen LogP contribution in [0, 0.1) is 5.92 Å². The van der Waals surface area contributed by atoms with Crippen molar-refractivity contribution in [2.24, 2.45) is 11.7 Å². The highest BCUT2D eigenvalue weighted by Crippen LogP contribution is 2.35. The van der Waals surface area contributed by atoms with Crippen LogP contribution in [0.1, 0.15) is 37.7 Å². The molecule has 76 valence electrons. The quantitative estimate of drug-likeness (QED) is 0.791. The van der Waals surface area contributed by atoms with Crippen LogP contribution < -0.4 is 5.73 Å². The van der Waals surface area contributed by atoms with Crippen molar-refractivity contribution in [3.05, 3.63) is 30.1 Å². The summed E-state index contributed by atoms with van der Waals surface area (Å²) in [7, 11) is 0. The number of hydrogen-bond donors (Lipinski definition) is 1. The van der Waals surface area contributed by atoms with Crippen molar-refractivity contribution >= 4 is 0 Å². The summed E-state index contributed by atoms with van der Waals surface area (Å²) in [6.07, 6.45) is 7.64. The van der Waals surface area contributed by atoms with Crippen molar-refractivity contribution in [1.29, 1.82) is 0 Å². The van der Waals surface area contributed by atoms with E-state index >= 15 is 0 Å². The summed E-state index contributed by atoms with van der Waals surface area (Å²) < 4.78 is 0. The van der Waals surface area contributed by atoms with Crippen LogP contribution in [0.5, 0.6) is 0 Å². The minimum absolute atomic E-state index is 0.310. The molecule has 1 aliphatic rings. The fourth-order valence-corrected chi connectivity index (χ4v) is 1.86. The molecule has 1 saturated carbocycles. The minimum Gasteiger partial charge on any atom is -0.327 e. The second-order valence-corrected chi connectivity index (χ2v) is 4.41. The lowest BCUT2D eigenvalue weighted by Crippen LogP contribution is -2.27. The molecule has 0 spiro atoms. The van der Waals surface area contributed by atoms with Gasteiger partial charge in [0.05, 0.1) is 0 Å². The Hall–Kier alpha value is -0.890. The molecule has 0 aromatic carbocycles. The first-order valence-electron chi connectivity index (χ1n) is 5.43. The molecule has 1 fully saturated rings. The highest BCUT2D eigenvalue weighted by Gasteiger charge is 2.26. The van der Waals surface area contributed by atoms with Gasteiger partial charge in [0.25, 0.3) is 0 Å². The summed E-state index contributed by atoms with van der Waals surface area (Å²) in [5, 5.41) is 0. The maximum absolute atomic E-state index is 6.17. The predicted octanol–water partition coefficient (Wildman–Crippen LogP) is 2.31. The molecular weight excluding hydrogens is 172 g/mol. The summed E-state index contributed by atoms with van der Waals surface area (Å²) in [5.74, 6) is 1.37. The highest BCUT2D eigenvalue weighted by atomic mass is 14.7. The number of pyridine rings is 1. The summed E-state index contributed by atoms with van der Waals surface area (Å²) >= 11 is 0. The zero-order valence-electron chi connectivity index (χ0n) is 8.69. The average molecular weight is 190 g/mol. The molecular formula is C12H18N2. The Labute approximate surface area is 85.5 Å². The Morgan fingerprint density at radius 3 is 2.64 bits per heavy atom. The third-order valence-corrected chi connectivity index (χ3v) is 3.18. The first-order chi connectivity index (χ1) is 6.77. The summed E-state index contributed by atoms with van der Waals surface area (Å²) in [6.45, 7) is 2.21. The standard InChI is InChI=1S/C12H18N2/c1-9(11-4-6-14-7-5-11)12(13)8-10-2-3-10/h4-7,9-10,12H,2-3,8,13H2,1H3. The molecule has 2 unspecified atom stereocenters. The van der Waals surface area contributed by atoms with Gasteiger partial charge < -0.3 is 5.73 Å². The molecule has 0 radical (unpaired) electrons. The smallest absolute Gasteiger partial charge is 0.0270 e. The van der Waals surface area contributed by atoms with Gasteiger partial charge in [-0.1, -0.05) is 19.8 Å². The Kier molecular flexibility index (Phi) is 2.82. The van der Waals surface area contributed by atoms with Gasteiger partial charge in [0.15, 0.2) is 0 Å². The number of nitrogens with two attached hydrogens (primary N) is 1. The Morgan fingerprint density at radius 2 is 2.07 bits per heavy atom. The summed E-state index contributed by atoms with van der Waals surface area (Å²) in [6, 6.07) is 4.44. The molecule has 2 atom stereocenters. The van der Waals surface area contributed by atoms with Gasteiger partial charge in [0.1, 0.15) is 0 Å². The van der Waals surface area contributed by atoms with Crippen LogP contribution in [0.25, 0.3) is 0 Å². The third kappa shape index (κ3) is 2.32. The maximum atomic E-state index is 6.17. The lowest BCUT2D eigenvalue weighted by atomic mass is 9.91. The van der Waals surface area contributed by atoms with E-state index in [1.807, 2.05) is 12.4 Å². The van der Waals surface area contributed by atoms with E-state index in [4.69, 9.17) is 5.73 Å². The molecule has 0 bridgehead atoms. The maximum Gasteiger partial charge on any atom is 0.0270 e. The van der Waals surface area contributed by atoms with Crippen molar-refractivity contribution in [2.75, 3.05) is 0 Å². The zero-order valence-corrected chi connectivity index (χ0v) is 8.69. The fraction of sp³-hybridized carbons (Fsp3) is 0.583. The van der Waals surface area contributed by atoms with E-state index < -0.39 is 0 Å². The molecule has 0 amide bonds. The largest absolute Gasteiger partial charge is 0.327 e. The molecule has 0 saturated heterocycles. The van der Waals surface area contributed by atoms with Gasteiger partial charge in [-0.2, -0.15) is 0 Å². The van der Waals surface area contributed by atoms with Gasteiger partial charge in [-0.25, -0.2) is 0 Å². The highest BCUT2D eigenvalue weighted by molar-refractivity contribution is 5.16. The van der Waals surface area contributed by atoms with E-state index in [-0.39, 0.29) is 0 Å². The zero-order chi connectivity index (χ0) is 9.97.